The first-order valence-corrected chi connectivity index (χ1v) is 9.37. The number of hydrogen-bond acceptors (Lipinski definition) is 5. The minimum atomic E-state index is -0.529. The molecule has 0 radical (unpaired) electrons. The molecule has 9 heteroatoms. The second kappa shape index (κ2) is 9.01. The molecule has 2 aromatic rings. The first-order valence-electron chi connectivity index (χ1n) is 7.79. The lowest BCUT2D eigenvalue weighted by molar-refractivity contribution is -0.120. The van der Waals surface area contributed by atoms with Crippen molar-refractivity contribution in [1.29, 1.82) is 0 Å². The van der Waals surface area contributed by atoms with Crippen LogP contribution in [0.25, 0.3) is 0 Å². The molecule has 2 amide bonds. The summed E-state index contributed by atoms with van der Waals surface area (Å²) in [5.41, 5.74) is 3.91. The van der Waals surface area contributed by atoms with Crippen molar-refractivity contribution < 1.29 is 19.8 Å². The number of hydrogen-bond donors (Lipinski definition) is 4. The Morgan fingerprint density at radius 2 is 1.78 bits per heavy atom. The first-order chi connectivity index (χ1) is 12.7. The molecular weight excluding hydrogens is 482 g/mol. The van der Waals surface area contributed by atoms with Crippen LogP contribution in [0.15, 0.2) is 38.3 Å². The fourth-order valence-corrected chi connectivity index (χ4v) is 3.20. The van der Waals surface area contributed by atoms with Gasteiger partial charge >= 0.3 is 0 Å². The number of amides is 2. The SMILES string of the molecule is Cc1c(O)c(Br)c(C)c(/C=N/NC(=O)CNC(=O)c2ccccc2Br)c1O. The summed E-state index contributed by atoms with van der Waals surface area (Å²) in [5, 5.41) is 26.3. The number of phenolic OH excluding ortho intramolecular Hbond substituents is 2. The van der Waals surface area contributed by atoms with E-state index in [1.165, 1.54) is 6.21 Å². The summed E-state index contributed by atoms with van der Waals surface area (Å²) >= 11 is 6.51. The number of phenols is 2. The van der Waals surface area contributed by atoms with Gasteiger partial charge in [-0.25, -0.2) is 5.43 Å². The Balaban J connectivity index is 1.98. The maximum absolute atomic E-state index is 12.0. The molecule has 0 aliphatic heterocycles. The molecule has 4 N–H and O–H groups in total. The van der Waals surface area contributed by atoms with Crippen molar-refractivity contribution in [2.24, 2.45) is 5.10 Å². The quantitative estimate of drug-likeness (QED) is 0.375. The van der Waals surface area contributed by atoms with Gasteiger partial charge in [-0.05, 0) is 63.4 Å². The van der Waals surface area contributed by atoms with E-state index in [9.17, 15) is 19.8 Å². The Bertz CT molecular complexity index is 900. The number of carbonyl (C=O) groups excluding carboxylic acids is 2. The zero-order chi connectivity index (χ0) is 20.1. The standard InChI is InChI=1S/C18H17Br2N3O4/c1-9-12(16(25)10(2)17(26)15(9)20)7-22-23-14(24)8-21-18(27)11-5-3-4-6-13(11)19/h3-7,25-26H,8H2,1-2H3,(H,21,27)(H,23,24)/b22-7+. The molecule has 0 aromatic heterocycles. The van der Waals surface area contributed by atoms with Gasteiger partial charge in [-0.3, -0.25) is 9.59 Å². The second-order valence-corrected chi connectivity index (χ2v) is 7.28. The summed E-state index contributed by atoms with van der Waals surface area (Å²) in [4.78, 5) is 23.9. The molecule has 2 rings (SSSR count). The van der Waals surface area contributed by atoms with Gasteiger partial charge in [0.05, 0.1) is 22.8 Å². The second-order valence-electron chi connectivity index (χ2n) is 5.63. The van der Waals surface area contributed by atoms with E-state index in [1.54, 1.807) is 38.1 Å². The van der Waals surface area contributed by atoms with Crippen LogP contribution in [0.4, 0.5) is 0 Å². The summed E-state index contributed by atoms with van der Waals surface area (Å²) < 4.78 is 1.06. The van der Waals surface area contributed by atoms with Crippen LogP contribution in [-0.4, -0.2) is 34.8 Å². The van der Waals surface area contributed by atoms with Crippen LogP contribution < -0.4 is 10.7 Å². The fraction of sp³-hybridized carbons (Fsp3) is 0.167. The molecule has 0 saturated carbocycles. The molecule has 0 aliphatic carbocycles. The Labute approximate surface area is 172 Å². The minimum Gasteiger partial charge on any atom is -0.507 e. The lowest BCUT2D eigenvalue weighted by Crippen LogP contribution is -2.35. The lowest BCUT2D eigenvalue weighted by Gasteiger charge is -2.12. The lowest BCUT2D eigenvalue weighted by atomic mass is 10.0. The van der Waals surface area contributed by atoms with Gasteiger partial charge in [0.25, 0.3) is 11.8 Å². The van der Waals surface area contributed by atoms with Crippen LogP contribution in [0.1, 0.15) is 27.0 Å². The highest BCUT2D eigenvalue weighted by Gasteiger charge is 2.16. The highest BCUT2D eigenvalue weighted by atomic mass is 79.9. The maximum Gasteiger partial charge on any atom is 0.259 e. The third kappa shape index (κ3) is 4.86. The molecular formula is C18H17Br2N3O4. The van der Waals surface area contributed by atoms with E-state index >= 15 is 0 Å². The van der Waals surface area contributed by atoms with Gasteiger partial charge < -0.3 is 15.5 Å². The number of nitrogens with one attached hydrogen (secondary N) is 2. The van der Waals surface area contributed by atoms with E-state index in [0.29, 0.717) is 31.2 Å². The summed E-state index contributed by atoms with van der Waals surface area (Å²) in [5.74, 6) is -1.11. The molecule has 0 fully saturated rings. The first kappa shape index (κ1) is 20.9. The third-order valence-corrected chi connectivity index (χ3v) is 5.48. The predicted molar refractivity (Wildman–Crippen MR) is 109 cm³/mol. The Morgan fingerprint density at radius 3 is 2.44 bits per heavy atom. The van der Waals surface area contributed by atoms with Crippen molar-refractivity contribution in [3.8, 4) is 11.5 Å². The molecule has 0 unspecified atom stereocenters. The topological polar surface area (TPSA) is 111 Å². The van der Waals surface area contributed by atoms with Crippen molar-refractivity contribution in [3.05, 3.63) is 55.5 Å². The maximum atomic E-state index is 12.0. The van der Waals surface area contributed by atoms with Crippen LogP contribution >= 0.6 is 31.9 Å². The highest BCUT2D eigenvalue weighted by Crippen LogP contribution is 2.39. The van der Waals surface area contributed by atoms with E-state index in [0.717, 1.165) is 0 Å². The fourth-order valence-electron chi connectivity index (χ4n) is 2.22. The van der Waals surface area contributed by atoms with Crippen molar-refractivity contribution in [3.63, 3.8) is 0 Å². The number of halogens is 2. The Hall–Kier alpha value is -2.39. The summed E-state index contributed by atoms with van der Waals surface area (Å²) in [7, 11) is 0. The van der Waals surface area contributed by atoms with Crippen LogP contribution in [0, 0.1) is 13.8 Å². The van der Waals surface area contributed by atoms with Gasteiger partial charge in [0.15, 0.2) is 0 Å². The molecule has 7 nitrogen and oxygen atoms in total. The molecule has 2 aromatic carbocycles. The van der Waals surface area contributed by atoms with Crippen LogP contribution in [0.3, 0.4) is 0 Å². The van der Waals surface area contributed by atoms with Crippen LogP contribution in [0.2, 0.25) is 0 Å². The summed E-state index contributed by atoms with van der Waals surface area (Å²) in [6.45, 7) is 2.98. The van der Waals surface area contributed by atoms with Crippen molar-refractivity contribution in [1.82, 2.24) is 10.7 Å². The monoisotopic (exact) mass is 497 g/mol. The van der Waals surface area contributed by atoms with E-state index < -0.39 is 11.8 Å². The average molecular weight is 499 g/mol. The van der Waals surface area contributed by atoms with Gasteiger partial charge in [0.2, 0.25) is 0 Å². The van der Waals surface area contributed by atoms with Crippen LogP contribution in [-0.2, 0) is 4.79 Å². The average Bonchev–Trinajstić information content (AvgIpc) is 2.66. The normalized spacial score (nSPS) is 10.8. The van der Waals surface area contributed by atoms with Gasteiger partial charge in [0.1, 0.15) is 11.5 Å². The Kier molecular flexibility index (Phi) is 6.98. The van der Waals surface area contributed by atoms with E-state index in [-0.39, 0.29) is 18.0 Å². The zero-order valence-electron chi connectivity index (χ0n) is 14.5. The molecule has 0 aliphatic rings. The summed E-state index contributed by atoms with van der Waals surface area (Å²) in [6.07, 6.45) is 1.27. The number of benzene rings is 2. The van der Waals surface area contributed by atoms with Crippen molar-refractivity contribution >= 4 is 49.9 Å². The summed E-state index contributed by atoms with van der Waals surface area (Å²) in [6, 6.07) is 6.86. The largest absolute Gasteiger partial charge is 0.507 e. The van der Waals surface area contributed by atoms with Gasteiger partial charge in [-0.15, -0.1) is 0 Å². The van der Waals surface area contributed by atoms with Gasteiger partial charge in [-0.2, -0.15) is 5.10 Å². The highest BCUT2D eigenvalue weighted by molar-refractivity contribution is 9.11. The van der Waals surface area contributed by atoms with Gasteiger partial charge in [0, 0.05) is 15.6 Å². The number of carbonyl (C=O) groups is 2. The Morgan fingerprint density at radius 1 is 1.11 bits per heavy atom. The number of nitrogens with zero attached hydrogens (tertiary/aromatic N) is 1. The van der Waals surface area contributed by atoms with E-state index in [4.69, 9.17) is 0 Å². The van der Waals surface area contributed by atoms with Crippen molar-refractivity contribution in [2.75, 3.05) is 6.54 Å². The molecule has 0 bridgehead atoms. The number of hydrazone groups is 1. The van der Waals surface area contributed by atoms with Gasteiger partial charge in [-0.1, -0.05) is 12.1 Å². The molecule has 0 heterocycles. The molecule has 0 atom stereocenters. The molecule has 27 heavy (non-hydrogen) atoms. The van der Waals surface area contributed by atoms with E-state index in [1.807, 2.05) is 0 Å². The molecule has 0 spiro atoms. The van der Waals surface area contributed by atoms with Crippen LogP contribution in [0.5, 0.6) is 11.5 Å². The zero-order valence-corrected chi connectivity index (χ0v) is 17.7. The molecule has 142 valence electrons. The minimum absolute atomic E-state index is 0.0547. The predicted octanol–water partition coefficient (Wildman–Crippen LogP) is 3.12. The van der Waals surface area contributed by atoms with E-state index in [2.05, 4.69) is 47.7 Å². The number of aromatic hydroxyl groups is 2. The molecule has 0 saturated heterocycles. The third-order valence-electron chi connectivity index (χ3n) is 3.82. The van der Waals surface area contributed by atoms with Crippen molar-refractivity contribution in [2.45, 2.75) is 13.8 Å². The number of rotatable bonds is 5. The smallest absolute Gasteiger partial charge is 0.259 e.